The van der Waals surface area contributed by atoms with E-state index in [2.05, 4.69) is 25.6 Å². The van der Waals surface area contributed by atoms with Gasteiger partial charge in [-0.3, -0.25) is 9.59 Å². The minimum atomic E-state index is -4.54. The summed E-state index contributed by atoms with van der Waals surface area (Å²) in [5.41, 5.74) is 1.14. The number of aromatic amines is 1. The highest BCUT2D eigenvalue weighted by atomic mass is 19.4. The second-order valence-electron chi connectivity index (χ2n) is 10.1. The number of hydrogen-bond acceptors (Lipinski definition) is 5. The number of carbonyl (C=O) groups is 2. The number of aromatic nitrogens is 3. The Morgan fingerprint density at radius 2 is 1.84 bits per heavy atom. The van der Waals surface area contributed by atoms with Crippen LogP contribution in [0.2, 0.25) is 0 Å². The van der Waals surface area contributed by atoms with Gasteiger partial charge in [-0.05, 0) is 63.1 Å². The summed E-state index contributed by atoms with van der Waals surface area (Å²) in [7, 11) is 0. The van der Waals surface area contributed by atoms with Crippen molar-refractivity contribution in [3.63, 3.8) is 0 Å². The van der Waals surface area contributed by atoms with Crippen molar-refractivity contribution in [2.75, 3.05) is 6.61 Å². The van der Waals surface area contributed by atoms with E-state index in [0.29, 0.717) is 53.4 Å². The standard InChI is InChI=1S/C27H30F3N5O3/c1-3-21(36)34-17-7-8-18(11-17)35-26(37)22-14(2)33-25-23(31-13-32-24(22)25)19-10-16(27(28,29)30)6-9-20(19)38-12-15-4-5-15/h6,9-10,13,15,17-18,33H,3-5,7-8,11-12H2,1-2H3,(H,34,36)(H,35,37)/t17-,18+/m1/s1. The molecule has 5 rings (SSSR count). The molecule has 202 valence electrons. The van der Waals surface area contributed by atoms with Crippen LogP contribution in [0.4, 0.5) is 13.2 Å². The number of hydrogen-bond donors (Lipinski definition) is 3. The molecule has 2 fully saturated rings. The van der Waals surface area contributed by atoms with Crippen LogP contribution < -0.4 is 15.4 Å². The number of H-pyrrole nitrogens is 1. The lowest BCUT2D eigenvalue weighted by Crippen LogP contribution is -2.37. The van der Waals surface area contributed by atoms with Gasteiger partial charge in [-0.25, -0.2) is 9.97 Å². The highest BCUT2D eigenvalue weighted by Gasteiger charge is 2.33. The normalized spacial score (nSPS) is 19.5. The molecule has 8 nitrogen and oxygen atoms in total. The number of amides is 2. The van der Waals surface area contributed by atoms with Gasteiger partial charge in [0, 0.05) is 29.8 Å². The van der Waals surface area contributed by atoms with E-state index in [9.17, 15) is 22.8 Å². The van der Waals surface area contributed by atoms with Crippen LogP contribution in [0, 0.1) is 12.8 Å². The van der Waals surface area contributed by atoms with E-state index in [1.54, 1.807) is 13.8 Å². The fraction of sp³-hybridized carbons (Fsp3) is 0.481. The van der Waals surface area contributed by atoms with Gasteiger partial charge in [-0.1, -0.05) is 6.92 Å². The molecule has 2 saturated carbocycles. The molecule has 2 aliphatic rings. The second kappa shape index (κ2) is 10.3. The van der Waals surface area contributed by atoms with Crippen LogP contribution >= 0.6 is 0 Å². The van der Waals surface area contributed by atoms with E-state index < -0.39 is 11.7 Å². The number of carbonyl (C=O) groups excluding carboxylic acids is 2. The summed E-state index contributed by atoms with van der Waals surface area (Å²) in [4.78, 5) is 36.8. The Morgan fingerprint density at radius 3 is 2.53 bits per heavy atom. The minimum absolute atomic E-state index is 0.0145. The summed E-state index contributed by atoms with van der Waals surface area (Å²) in [5, 5.41) is 6.00. The van der Waals surface area contributed by atoms with E-state index in [-0.39, 0.29) is 35.2 Å². The molecule has 0 spiro atoms. The molecule has 2 amide bonds. The third kappa shape index (κ3) is 5.46. The van der Waals surface area contributed by atoms with Crippen LogP contribution in [-0.4, -0.2) is 45.5 Å². The molecule has 0 saturated heterocycles. The summed E-state index contributed by atoms with van der Waals surface area (Å²) < 4.78 is 46.6. The highest BCUT2D eigenvalue weighted by Crippen LogP contribution is 2.40. The Hall–Kier alpha value is -3.63. The number of fused-ring (bicyclic) bond motifs is 1. The fourth-order valence-electron chi connectivity index (χ4n) is 4.94. The lowest BCUT2D eigenvalue weighted by atomic mass is 10.0. The molecule has 2 heterocycles. The Morgan fingerprint density at radius 1 is 1.11 bits per heavy atom. The first-order valence-corrected chi connectivity index (χ1v) is 12.9. The number of halogens is 3. The quantitative estimate of drug-likeness (QED) is 0.384. The van der Waals surface area contributed by atoms with Crippen molar-refractivity contribution in [1.29, 1.82) is 0 Å². The Labute approximate surface area is 217 Å². The Balaban J connectivity index is 1.45. The molecule has 0 bridgehead atoms. The molecule has 11 heteroatoms. The minimum Gasteiger partial charge on any atom is -0.493 e. The molecule has 0 radical (unpaired) electrons. The number of aryl methyl sites for hydroxylation is 1. The van der Waals surface area contributed by atoms with E-state index in [1.807, 2.05) is 0 Å². The molecule has 2 atom stereocenters. The molecular formula is C27H30F3N5O3. The van der Waals surface area contributed by atoms with Crippen LogP contribution in [0.15, 0.2) is 24.5 Å². The molecule has 0 aliphatic heterocycles. The van der Waals surface area contributed by atoms with Crippen LogP contribution in [0.1, 0.15) is 67.1 Å². The molecule has 2 aliphatic carbocycles. The van der Waals surface area contributed by atoms with Gasteiger partial charge in [0.2, 0.25) is 5.91 Å². The highest BCUT2D eigenvalue weighted by molar-refractivity contribution is 6.09. The third-order valence-corrected chi connectivity index (χ3v) is 7.19. The maximum atomic E-state index is 13.6. The summed E-state index contributed by atoms with van der Waals surface area (Å²) in [6.07, 6.45) is 1.32. The largest absolute Gasteiger partial charge is 0.493 e. The van der Waals surface area contributed by atoms with Crippen molar-refractivity contribution in [1.82, 2.24) is 25.6 Å². The molecule has 1 aromatic carbocycles. The fourth-order valence-corrected chi connectivity index (χ4v) is 4.94. The van der Waals surface area contributed by atoms with Gasteiger partial charge in [0.1, 0.15) is 23.3 Å². The second-order valence-corrected chi connectivity index (χ2v) is 10.1. The lowest BCUT2D eigenvalue weighted by Gasteiger charge is -2.15. The molecular weight excluding hydrogens is 499 g/mol. The van der Waals surface area contributed by atoms with Crippen molar-refractivity contribution in [2.24, 2.45) is 5.92 Å². The number of ether oxygens (including phenoxy) is 1. The van der Waals surface area contributed by atoms with Crippen molar-refractivity contribution in [2.45, 2.75) is 70.6 Å². The average Bonchev–Trinajstić information content (AvgIpc) is 3.50. The van der Waals surface area contributed by atoms with E-state index in [1.165, 1.54) is 12.4 Å². The smallest absolute Gasteiger partial charge is 0.416 e. The van der Waals surface area contributed by atoms with Gasteiger partial charge in [0.15, 0.2) is 0 Å². The van der Waals surface area contributed by atoms with Crippen molar-refractivity contribution >= 4 is 22.8 Å². The van der Waals surface area contributed by atoms with Crippen molar-refractivity contribution < 1.29 is 27.5 Å². The van der Waals surface area contributed by atoms with Gasteiger partial charge in [0.25, 0.3) is 5.91 Å². The van der Waals surface area contributed by atoms with Gasteiger partial charge >= 0.3 is 6.18 Å². The zero-order valence-corrected chi connectivity index (χ0v) is 21.2. The maximum Gasteiger partial charge on any atom is 0.416 e. The monoisotopic (exact) mass is 529 g/mol. The summed E-state index contributed by atoms with van der Waals surface area (Å²) >= 11 is 0. The maximum absolute atomic E-state index is 13.6. The summed E-state index contributed by atoms with van der Waals surface area (Å²) in [6, 6.07) is 3.26. The van der Waals surface area contributed by atoms with Gasteiger partial charge in [-0.2, -0.15) is 13.2 Å². The Bertz CT molecular complexity index is 1370. The van der Waals surface area contributed by atoms with Crippen LogP contribution in [-0.2, 0) is 11.0 Å². The number of nitrogens with one attached hydrogen (secondary N) is 3. The topological polar surface area (TPSA) is 109 Å². The summed E-state index contributed by atoms with van der Waals surface area (Å²) in [6.45, 7) is 3.93. The molecule has 38 heavy (non-hydrogen) atoms. The number of rotatable bonds is 8. The molecule has 0 unspecified atom stereocenters. The van der Waals surface area contributed by atoms with E-state index in [0.717, 1.165) is 37.8 Å². The zero-order valence-electron chi connectivity index (χ0n) is 21.2. The zero-order chi connectivity index (χ0) is 27.0. The molecule has 3 N–H and O–H groups in total. The summed E-state index contributed by atoms with van der Waals surface area (Å²) in [5.74, 6) is 0.354. The van der Waals surface area contributed by atoms with Crippen molar-refractivity contribution in [3.8, 4) is 17.0 Å². The van der Waals surface area contributed by atoms with Crippen molar-refractivity contribution in [3.05, 3.63) is 41.3 Å². The lowest BCUT2D eigenvalue weighted by molar-refractivity contribution is -0.137. The SMILES string of the molecule is CCC(=O)N[C@@H]1CC[C@H](NC(=O)c2c(C)[nH]c3c(-c4cc(C(F)(F)F)ccc4OCC4CC4)ncnc23)C1. The van der Waals surface area contributed by atoms with Crippen LogP contribution in [0.3, 0.4) is 0 Å². The molecule has 3 aromatic rings. The predicted octanol–water partition coefficient (Wildman–Crippen LogP) is 4.92. The first-order chi connectivity index (χ1) is 18.1. The van der Waals surface area contributed by atoms with Crippen LogP contribution in [0.25, 0.3) is 22.3 Å². The average molecular weight is 530 g/mol. The molecule has 2 aromatic heterocycles. The predicted molar refractivity (Wildman–Crippen MR) is 135 cm³/mol. The van der Waals surface area contributed by atoms with E-state index >= 15 is 0 Å². The van der Waals surface area contributed by atoms with Gasteiger partial charge in [0.05, 0.1) is 23.3 Å². The Kier molecular flexibility index (Phi) is 7.02. The van der Waals surface area contributed by atoms with E-state index in [4.69, 9.17) is 4.74 Å². The number of benzene rings is 1. The third-order valence-electron chi connectivity index (χ3n) is 7.19. The first kappa shape index (κ1) is 26.0. The number of alkyl halides is 3. The first-order valence-electron chi connectivity index (χ1n) is 12.9. The number of nitrogens with zero attached hydrogens (tertiary/aromatic N) is 2. The van der Waals surface area contributed by atoms with Crippen LogP contribution in [0.5, 0.6) is 5.75 Å². The van der Waals surface area contributed by atoms with Gasteiger partial charge < -0.3 is 20.4 Å². The van der Waals surface area contributed by atoms with Gasteiger partial charge in [-0.15, -0.1) is 0 Å².